The van der Waals surface area contributed by atoms with Crippen molar-refractivity contribution in [3.05, 3.63) is 59.3 Å². The molecule has 0 unspecified atom stereocenters. The van der Waals surface area contributed by atoms with E-state index in [1.165, 1.54) is 16.7 Å². The molecule has 5 heteroatoms. The molecule has 1 aromatic carbocycles. The molecule has 0 spiro atoms. The van der Waals surface area contributed by atoms with E-state index in [-0.39, 0.29) is 5.92 Å². The fourth-order valence-corrected chi connectivity index (χ4v) is 4.74. The Morgan fingerprint density at radius 2 is 1.67 bits per heavy atom. The Labute approximate surface area is 181 Å². The minimum Gasteiger partial charge on any atom is -0.377 e. The maximum Gasteiger partial charge on any atom is 0.225 e. The van der Waals surface area contributed by atoms with Crippen molar-refractivity contribution in [2.45, 2.75) is 26.3 Å². The van der Waals surface area contributed by atoms with E-state index in [9.17, 15) is 4.79 Å². The third kappa shape index (κ3) is 5.32. The topological polar surface area (TPSA) is 30.0 Å². The molecule has 2 saturated heterocycles. The fourth-order valence-electron chi connectivity index (χ4n) is 4.74. The van der Waals surface area contributed by atoms with Gasteiger partial charge in [0.25, 0.3) is 0 Å². The highest BCUT2D eigenvalue weighted by molar-refractivity contribution is 5.79. The minimum absolute atomic E-state index is 0.214. The van der Waals surface area contributed by atoms with Crippen LogP contribution in [0, 0.1) is 12.8 Å². The maximum atomic E-state index is 13.1. The zero-order valence-corrected chi connectivity index (χ0v) is 18.6. The van der Waals surface area contributed by atoms with Crippen LogP contribution in [-0.4, -0.2) is 84.9 Å². The first-order valence-corrected chi connectivity index (χ1v) is 11.4. The summed E-state index contributed by atoms with van der Waals surface area (Å²) in [6.07, 6.45) is 8.69. The second kappa shape index (κ2) is 9.80. The van der Waals surface area contributed by atoms with E-state index in [2.05, 4.69) is 76.2 Å². The molecule has 0 N–H and O–H groups in total. The molecule has 3 heterocycles. The van der Waals surface area contributed by atoms with Crippen molar-refractivity contribution in [2.75, 3.05) is 59.4 Å². The van der Waals surface area contributed by atoms with E-state index >= 15 is 0 Å². The number of piperidine rings is 1. The molecule has 3 aliphatic heterocycles. The van der Waals surface area contributed by atoms with Gasteiger partial charge in [-0.15, -0.1) is 0 Å². The van der Waals surface area contributed by atoms with Crippen molar-refractivity contribution in [2.24, 2.45) is 5.92 Å². The molecular formula is C25H36N4O. The number of piperazine rings is 1. The van der Waals surface area contributed by atoms with Gasteiger partial charge in [-0.1, -0.05) is 30.3 Å². The molecule has 1 amide bonds. The van der Waals surface area contributed by atoms with Crippen LogP contribution in [0.15, 0.2) is 48.2 Å². The summed E-state index contributed by atoms with van der Waals surface area (Å²) in [5, 5.41) is 0. The van der Waals surface area contributed by atoms with E-state index in [4.69, 9.17) is 0 Å². The van der Waals surface area contributed by atoms with Crippen LogP contribution in [0.3, 0.4) is 0 Å². The third-order valence-corrected chi connectivity index (χ3v) is 6.87. The standard InChI is InChI=1S/C25H36N4O/c1-21-5-3-4-6-24(21)20-28-15-17-29(18-16-28)25(30)23-9-13-27(14-10-23)19-22-7-11-26(2)12-8-22/h3-8,11,23H,9-10,12-20H2,1-2H3. The van der Waals surface area contributed by atoms with Crippen LogP contribution in [-0.2, 0) is 11.3 Å². The van der Waals surface area contributed by atoms with Gasteiger partial charge in [0.1, 0.15) is 0 Å². The van der Waals surface area contributed by atoms with Crippen molar-refractivity contribution in [1.82, 2.24) is 19.6 Å². The summed E-state index contributed by atoms with van der Waals surface area (Å²) in [5.41, 5.74) is 4.16. The molecule has 0 aromatic heterocycles. The monoisotopic (exact) mass is 408 g/mol. The predicted molar refractivity (Wildman–Crippen MR) is 122 cm³/mol. The molecule has 4 rings (SSSR count). The second-order valence-corrected chi connectivity index (χ2v) is 9.11. The number of carbonyl (C=O) groups excluding carboxylic acids is 1. The number of carbonyl (C=O) groups is 1. The van der Waals surface area contributed by atoms with Crippen molar-refractivity contribution < 1.29 is 4.79 Å². The number of amides is 1. The SMILES string of the molecule is Cc1ccccc1CN1CCN(C(=O)C2CCN(CC3=CCN(C)C=C3)CC2)CC1. The van der Waals surface area contributed by atoms with Gasteiger partial charge < -0.3 is 9.80 Å². The third-order valence-electron chi connectivity index (χ3n) is 6.87. The Bertz CT molecular complexity index is 786. The van der Waals surface area contributed by atoms with E-state index in [0.29, 0.717) is 5.91 Å². The average Bonchev–Trinajstić information content (AvgIpc) is 2.77. The van der Waals surface area contributed by atoms with Crippen molar-refractivity contribution in [3.8, 4) is 0 Å². The van der Waals surface area contributed by atoms with E-state index in [1.54, 1.807) is 0 Å². The van der Waals surface area contributed by atoms with E-state index in [1.807, 2.05) is 0 Å². The molecule has 0 saturated carbocycles. The number of likely N-dealkylation sites (tertiary alicyclic amines) is 1. The van der Waals surface area contributed by atoms with Gasteiger partial charge in [-0.25, -0.2) is 0 Å². The summed E-state index contributed by atoms with van der Waals surface area (Å²) in [5.74, 6) is 0.606. The number of nitrogens with zero attached hydrogens (tertiary/aromatic N) is 4. The van der Waals surface area contributed by atoms with Gasteiger partial charge in [-0.2, -0.15) is 0 Å². The molecule has 0 bridgehead atoms. The van der Waals surface area contributed by atoms with Crippen LogP contribution in [0.2, 0.25) is 0 Å². The zero-order chi connectivity index (χ0) is 20.9. The van der Waals surface area contributed by atoms with Gasteiger partial charge in [-0.05, 0) is 61.8 Å². The smallest absolute Gasteiger partial charge is 0.225 e. The number of hydrogen-bond acceptors (Lipinski definition) is 4. The van der Waals surface area contributed by atoms with Gasteiger partial charge >= 0.3 is 0 Å². The number of benzene rings is 1. The van der Waals surface area contributed by atoms with E-state index in [0.717, 1.165) is 71.7 Å². The van der Waals surface area contributed by atoms with Crippen molar-refractivity contribution in [3.63, 3.8) is 0 Å². The molecule has 5 nitrogen and oxygen atoms in total. The first-order chi connectivity index (χ1) is 14.6. The number of likely N-dealkylation sites (N-methyl/N-ethyl adjacent to an activating group) is 1. The average molecular weight is 409 g/mol. The largest absolute Gasteiger partial charge is 0.377 e. The normalized spacial score (nSPS) is 21.7. The molecule has 30 heavy (non-hydrogen) atoms. The molecule has 3 aliphatic rings. The Hall–Kier alpha value is -2.11. The van der Waals surface area contributed by atoms with Crippen molar-refractivity contribution >= 4 is 5.91 Å². The van der Waals surface area contributed by atoms with Gasteiger partial charge in [0.2, 0.25) is 5.91 Å². The van der Waals surface area contributed by atoms with Crippen molar-refractivity contribution in [1.29, 1.82) is 0 Å². The zero-order valence-electron chi connectivity index (χ0n) is 18.6. The van der Waals surface area contributed by atoms with Gasteiger partial charge in [0.05, 0.1) is 0 Å². The molecule has 0 atom stereocenters. The summed E-state index contributed by atoms with van der Waals surface area (Å²) >= 11 is 0. The number of rotatable bonds is 5. The molecular weight excluding hydrogens is 372 g/mol. The molecule has 1 aromatic rings. The van der Waals surface area contributed by atoms with Crippen LogP contribution in [0.25, 0.3) is 0 Å². The van der Waals surface area contributed by atoms with Gasteiger partial charge in [0, 0.05) is 58.8 Å². The van der Waals surface area contributed by atoms with Crippen LogP contribution in [0.1, 0.15) is 24.0 Å². The van der Waals surface area contributed by atoms with Crippen LogP contribution >= 0.6 is 0 Å². The second-order valence-electron chi connectivity index (χ2n) is 9.11. The lowest BCUT2D eigenvalue weighted by Crippen LogP contribution is -2.51. The summed E-state index contributed by atoms with van der Waals surface area (Å²) in [6.45, 7) is 11.0. The lowest BCUT2D eigenvalue weighted by atomic mass is 9.94. The summed E-state index contributed by atoms with van der Waals surface area (Å²) in [7, 11) is 2.10. The summed E-state index contributed by atoms with van der Waals surface area (Å²) in [6, 6.07) is 8.62. The number of aryl methyl sites for hydroxylation is 1. The van der Waals surface area contributed by atoms with Crippen LogP contribution in [0.5, 0.6) is 0 Å². The quantitative estimate of drug-likeness (QED) is 0.749. The molecule has 0 radical (unpaired) electrons. The summed E-state index contributed by atoms with van der Waals surface area (Å²) in [4.78, 5) is 22.4. The summed E-state index contributed by atoms with van der Waals surface area (Å²) < 4.78 is 0. The van der Waals surface area contributed by atoms with Crippen LogP contribution < -0.4 is 0 Å². The predicted octanol–water partition coefficient (Wildman–Crippen LogP) is 2.74. The molecule has 0 aliphatic carbocycles. The fraction of sp³-hybridized carbons (Fsp3) is 0.560. The van der Waals surface area contributed by atoms with Crippen LogP contribution in [0.4, 0.5) is 0 Å². The first-order valence-electron chi connectivity index (χ1n) is 11.4. The maximum absolute atomic E-state index is 13.1. The highest BCUT2D eigenvalue weighted by atomic mass is 16.2. The highest BCUT2D eigenvalue weighted by Crippen LogP contribution is 2.22. The van der Waals surface area contributed by atoms with Gasteiger partial charge in [-0.3, -0.25) is 14.6 Å². The Morgan fingerprint density at radius 1 is 0.967 bits per heavy atom. The Balaban J connectivity index is 1.20. The Morgan fingerprint density at radius 3 is 2.33 bits per heavy atom. The highest BCUT2D eigenvalue weighted by Gasteiger charge is 2.30. The van der Waals surface area contributed by atoms with Gasteiger partial charge in [0.15, 0.2) is 0 Å². The lowest BCUT2D eigenvalue weighted by molar-refractivity contribution is -0.138. The Kier molecular flexibility index (Phi) is 6.90. The van der Waals surface area contributed by atoms with E-state index < -0.39 is 0 Å². The molecule has 2 fully saturated rings. The first kappa shape index (κ1) is 21.1. The minimum atomic E-state index is 0.214. The molecule has 162 valence electrons. The lowest BCUT2D eigenvalue weighted by Gasteiger charge is -2.39. The number of hydrogen-bond donors (Lipinski definition) is 0.